The van der Waals surface area contributed by atoms with Gasteiger partial charge in [0.05, 0.1) is 22.3 Å². The first-order valence-electron chi connectivity index (χ1n) is 7.47. The summed E-state index contributed by atoms with van der Waals surface area (Å²) < 4.78 is 1.67. The number of carbonyl (C=O) groups is 1. The van der Waals surface area contributed by atoms with E-state index < -0.39 is 0 Å². The molecule has 0 unspecified atom stereocenters. The molecule has 0 bridgehead atoms. The van der Waals surface area contributed by atoms with Crippen molar-refractivity contribution in [2.75, 3.05) is 39.3 Å². The quantitative estimate of drug-likeness (QED) is 0.909. The first-order chi connectivity index (χ1) is 11.0. The van der Waals surface area contributed by atoms with Crippen molar-refractivity contribution in [2.24, 2.45) is 0 Å². The molecule has 1 saturated heterocycles. The zero-order valence-electron chi connectivity index (χ0n) is 12.8. The predicted octanol–water partition coefficient (Wildman–Crippen LogP) is 1.70. The average molecular weight is 357 g/mol. The maximum absolute atomic E-state index is 12.9. The lowest BCUT2D eigenvalue weighted by Gasteiger charge is -2.34. The highest BCUT2D eigenvalue weighted by atomic mass is 35.5. The van der Waals surface area contributed by atoms with Gasteiger partial charge in [0.1, 0.15) is 5.69 Å². The molecule has 124 valence electrons. The van der Waals surface area contributed by atoms with Crippen molar-refractivity contribution < 1.29 is 9.90 Å². The molecule has 0 radical (unpaired) electrons. The molecule has 3 heterocycles. The smallest absolute Gasteiger partial charge is 0.272 e. The molecule has 8 heteroatoms. The summed E-state index contributed by atoms with van der Waals surface area (Å²) >= 11 is 12.2. The SMILES string of the molecule is Cc1nc2c(Cl)cc(Cl)cn2c1C(=O)N1CCN(CCO)CC1. The van der Waals surface area contributed by atoms with Gasteiger partial charge in [-0.3, -0.25) is 14.1 Å². The summed E-state index contributed by atoms with van der Waals surface area (Å²) in [6, 6.07) is 1.62. The molecule has 0 aliphatic carbocycles. The number of carbonyl (C=O) groups excluding carboxylic acids is 1. The van der Waals surface area contributed by atoms with Gasteiger partial charge in [0.25, 0.3) is 5.91 Å². The standard InChI is InChI=1S/C15H18Cl2N4O2/c1-10-13(21-9-11(16)8-12(17)14(21)18-10)15(23)20-4-2-19(3-5-20)6-7-22/h8-9,22H,2-7H2,1H3. The number of hydrogen-bond acceptors (Lipinski definition) is 4. The highest BCUT2D eigenvalue weighted by Gasteiger charge is 2.26. The molecule has 1 amide bonds. The number of hydrogen-bond donors (Lipinski definition) is 1. The van der Waals surface area contributed by atoms with E-state index >= 15 is 0 Å². The van der Waals surface area contributed by atoms with E-state index in [2.05, 4.69) is 9.88 Å². The lowest BCUT2D eigenvalue weighted by Crippen LogP contribution is -2.49. The number of piperazine rings is 1. The van der Waals surface area contributed by atoms with Gasteiger partial charge in [-0.05, 0) is 13.0 Å². The largest absolute Gasteiger partial charge is 0.395 e. The van der Waals surface area contributed by atoms with Crippen molar-refractivity contribution in [3.63, 3.8) is 0 Å². The molecule has 2 aromatic rings. The van der Waals surface area contributed by atoms with Gasteiger partial charge >= 0.3 is 0 Å². The Kier molecular flexibility index (Phi) is 4.77. The number of fused-ring (bicyclic) bond motifs is 1. The summed E-state index contributed by atoms with van der Waals surface area (Å²) in [6.45, 7) is 5.33. The van der Waals surface area contributed by atoms with Gasteiger partial charge in [0.2, 0.25) is 0 Å². The van der Waals surface area contributed by atoms with Crippen LogP contribution in [0.3, 0.4) is 0 Å². The van der Waals surface area contributed by atoms with Gasteiger partial charge in [-0.15, -0.1) is 0 Å². The predicted molar refractivity (Wildman–Crippen MR) is 89.4 cm³/mol. The third-order valence-electron chi connectivity index (χ3n) is 4.09. The van der Waals surface area contributed by atoms with Gasteiger partial charge in [-0.1, -0.05) is 23.2 Å². The first kappa shape index (κ1) is 16.5. The molecule has 1 aliphatic heterocycles. The average Bonchev–Trinajstić information content (AvgIpc) is 2.84. The molecule has 0 atom stereocenters. The van der Waals surface area contributed by atoms with Crippen molar-refractivity contribution in [3.8, 4) is 0 Å². The Labute approximate surface area is 144 Å². The van der Waals surface area contributed by atoms with Gasteiger partial charge in [0, 0.05) is 38.9 Å². The topological polar surface area (TPSA) is 61.1 Å². The second-order valence-electron chi connectivity index (χ2n) is 5.60. The number of halogens is 2. The van der Waals surface area contributed by atoms with Crippen LogP contribution in [0.4, 0.5) is 0 Å². The molecule has 6 nitrogen and oxygen atoms in total. The summed E-state index contributed by atoms with van der Waals surface area (Å²) in [7, 11) is 0. The summed E-state index contributed by atoms with van der Waals surface area (Å²) in [5, 5.41) is 9.88. The number of aliphatic hydroxyl groups is 1. The van der Waals surface area contributed by atoms with E-state index in [1.165, 1.54) is 0 Å². The van der Waals surface area contributed by atoms with Crippen molar-refractivity contribution in [1.82, 2.24) is 19.2 Å². The zero-order chi connectivity index (χ0) is 16.6. The number of rotatable bonds is 3. The van der Waals surface area contributed by atoms with Crippen LogP contribution >= 0.6 is 23.2 Å². The lowest BCUT2D eigenvalue weighted by atomic mass is 10.2. The number of aryl methyl sites for hydroxylation is 1. The van der Waals surface area contributed by atoms with Crippen LogP contribution in [0.2, 0.25) is 10.0 Å². The fourth-order valence-electron chi connectivity index (χ4n) is 2.91. The van der Waals surface area contributed by atoms with E-state index in [1.807, 2.05) is 0 Å². The first-order valence-corrected chi connectivity index (χ1v) is 8.23. The Morgan fingerprint density at radius 2 is 2.00 bits per heavy atom. The number of aromatic nitrogens is 2. The molecule has 0 saturated carbocycles. The van der Waals surface area contributed by atoms with E-state index in [1.54, 1.807) is 28.5 Å². The van der Waals surface area contributed by atoms with E-state index in [9.17, 15) is 4.79 Å². The minimum Gasteiger partial charge on any atom is -0.395 e. The molecule has 1 aliphatic rings. The highest BCUT2D eigenvalue weighted by Crippen LogP contribution is 2.25. The molecule has 3 rings (SSSR count). The minimum atomic E-state index is -0.0722. The van der Waals surface area contributed by atoms with Crippen molar-refractivity contribution >= 4 is 34.8 Å². The summed E-state index contributed by atoms with van der Waals surface area (Å²) in [5.74, 6) is -0.0722. The molecule has 2 aromatic heterocycles. The van der Waals surface area contributed by atoms with Crippen LogP contribution in [0.15, 0.2) is 12.3 Å². The van der Waals surface area contributed by atoms with Crippen molar-refractivity contribution in [2.45, 2.75) is 6.92 Å². The van der Waals surface area contributed by atoms with Crippen LogP contribution < -0.4 is 0 Å². The number of β-amino-alcohol motifs (C(OH)–C–C–N with tert-alkyl or cyclic N) is 1. The monoisotopic (exact) mass is 356 g/mol. The maximum atomic E-state index is 12.9. The second-order valence-corrected chi connectivity index (χ2v) is 6.45. The van der Waals surface area contributed by atoms with E-state index in [-0.39, 0.29) is 12.5 Å². The number of imidazole rings is 1. The fraction of sp³-hybridized carbons (Fsp3) is 0.467. The van der Waals surface area contributed by atoms with Gasteiger partial charge in [-0.2, -0.15) is 0 Å². The number of aliphatic hydroxyl groups excluding tert-OH is 1. The van der Waals surface area contributed by atoms with Crippen molar-refractivity contribution in [1.29, 1.82) is 0 Å². The Balaban J connectivity index is 1.89. The van der Waals surface area contributed by atoms with Crippen LogP contribution in [-0.4, -0.2) is 69.5 Å². The molecule has 1 N–H and O–H groups in total. The molecular formula is C15H18Cl2N4O2. The molecule has 0 aromatic carbocycles. The minimum absolute atomic E-state index is 0.0722. The lowest BCUT2D eigenvalue weighted by molar-refractivity contribution is 0.0607. The third-order valence-corrected chi connectivity index (χ3v) is 4.58. The molecular weight excluding hydrogens is 339 g/mol. The van der Waals surface area contributed by atoms with Crippen LogP contribution in [0, 0.1) is 6.92 Å². The van der Waals surface area contributed by atoms with E-state index in [0.29, 0.717) is 46.7 Å². The normalized spacial score (nSPS) is 16.3. The second kappa shape index (κ2) is 6.65. The number of nitrogens with zero attached hydrogens (tertiary/aromatic N) is 4. The van der Waals surface area contributed by atoms with Crippen molar-refractivity contribution in [3.05, 3.63) is 33.7 Å². The zero-order valence-corrected chi connectivity index (χ0v) is 14.3. The van der Waals surface area contributed by atoms with E-state index in [0.717, 1.165) is 13.1 Å². The van der Waals surface area contributed by atoms with Gasteiger partial charge in [-0.25, -0.2) is 4.98 Å². The van der Waals surface area contributed by atoms with E-state index in [4.69, 9.17) is 28.3 Å². The van der Waals surface area contributed by atoms with Crippen LogP contribution in [0.5, 0.6) is 0 Å². The molecule has 23 heavy (non-hydrogen) atoms. The number of amides is 1. The fourth-order valence-corrected chi connectivity index (χ4v) is 3.42. The van der Waals surface area contributed by atoms with Crippen LogP contribution in [0.1, 0.15) is 16.2 Å². The van der Waals surface area contributed by atoms with Crippen LogP contribution in [0.25, 0.3) is 5.65 Å². The maximum Gasteiger partial charge on any atom is 0.272 e. The van der Waals surface area contributed by atoms with Gasteiger partial charge in [0.15, 0.2) is 5.65 Å². The summed E-state index contributed by atoms with van der Waals surface area (Å²) in [4.78, 5) is 21.2. The third kappa shape index (κ3) is 3.17. The van der Waals surface area contributed by atoms with Crippen LogP contribution in [-0.2, 0) is 0 Å². The highest BCUT2D eigenvalue weighted by molar-refractivity contribution is 6.36. The molecule has 1 fully saturated rings. The summed E-state index contributed by atoms with van der Waals surface area (Å²) in [6.07, 6.45) is 1.66. The molecule has 0 spiro atoms. The Morgan fingerprint density at radius 3 is 2.65 bits per heavy atom. The summed E-state index contributed by atoms with van der Waals surface area (Å²) in [5.41, 5.74) is 1.67. The van der Waals surface area contributed by atoms with Gasteiger partial charge < -0.3 is 10.0 Å². The number of pyridine rings is 1. The Bertz CT molecular complexity index is 739. The Morgan fingerprint density at radius 1 is 1.30 bits per heavy atom. The Hall–Kier alpha value is -1.34.